The number of hydrogen-bond acceptors (Lipinski definition) is 3. The first-order valence-corrected chi connectivity index (χ1v) is 6.60. The molecule has 100 valence electrons. The lowest BCUT2D eigenvalue weighted by Crippen LogP contribution is -2.19. The van der Waals surface area contributed by atoms with Crippen molar-refractivity contribution in [3.63, 3.8) is 0 Å². The molecule has 0 aliphatic rings. The average molecular weight is 269 g/mol. The fourth-order valence-electron chi connectivity index (χ4n) is 1.40. The van der Waals surface area contributed by atoms with Gasteiger partial charge in [-0.1, -0.05) is 37.6 Å². The topological polar surface area (TPSA) is 34.1 Å². The predicted octanol–water partition coefficient (Wildman–Crippen LogP) is 3.44. The molecule has 0 spiro atoms. The largest absolute Gasteiger partial charge is 0.472 e. The van der Waals surface area contributed by atoms with Crippen LogP contribution < -0.4 is 10.1 Å². The molecule has 0 saturated carbocycles. The van der Waals surface area contributed by atoms with Gasteiger partial charge < -0.3 is 10.1 Å². The minimum atomic E-state index is 0.488. The number of allylic oxidation sites excluding steroid dienone is 1. The van der Waals surface area contributed by atoms with Crippen LogP contribution in [0.25, 0.3) is 0 Å². The van der Waals surface area contributed by atoms with E-state index >= 15 is 0 Å². The van der Waals surface area contributed by atoms with Crippen LogP contribution in [0.3, 0.4) is 0 Å². The van der Waals surface area contributed by atoms with Crippen molar-refractivity contribution in [2.75, 3.05) is 13.2 Å². The van der Waals surface area contributed by atoms with E-state index in [2.05, 4.69) is 24.1 Å². The highest BCUT2D eigenvalue weighted by Gasteiger charge is 2.04. The molecule has 0 aliphatic heterocycles. The molecule has 1 aromatic rings. The molecule has 1 N–H and O–H groups in total. The molecule has 0 aliphatic carbocycles. The summed E-state index contributed by atoms with van der Waals surface area (Å²) in [6.45, 7) is 8.56. The molecular formula is C14H21ClN2O. The minimum Gasteiger partial charge on any atom is -0.472 e. The lowest BCUT2D eigenvalue weighted by atomic mass is 10.2. The zero-order chi connectivity index (χ0) is 13.4. The van der Waals surface area contributed by atoms with Gasteiger partial charge in [-0.15, -0.1) is 0 Å². The maximum atomic E-state index is 6.11. The number of aromatic nitrogens is 1. The first kappa shape index (κ1) is 15.0. The molecule has 4 heteroatoms. The van der Waals surface area contributed by atoms with Gasteiger partial charge in [0.1, 0.15) is 11.6 Å². The Morgan fingerprint density at radius 2 is 2.28 bits per heavy atom. The second kappa shape index (κ2) is 8.11. The van der Waals surface area contributed by atoms with E-state index in [4.69, 9.17) is 16.3 Å². The van der Waals surface area contributed by atoms with Crippen LogP contribution >= 0.6 is 11.6 Å². The highest BCUT2D eigenvalue weighted by atomic mass is 35.5. The summed E-state index contributed by atoms with van der Waals surface area (Å²) in [7, 11) is 0. The number of rotatable bonds is 7. The van der Waals surface area contributed by atoms with Crippen molar-refractivity contribution in [3.8, 4) is 5.88 Å². The van der Waals surface area contributed by atoms with Gasteiger partial charge in [0.05, 0.1) is 0 Å². The van der Waals surface area contributed by atoms with Gasteiger partial charge in [-0.2, -0.15) is 0 Å². The van der Waals surface area contributed by atoms with Gasteiger partial charge in [0.2, 0.25) is 5.88 Å². The van der Waals surface area contributed by atoms with E-state index in [-0.39, 0.29) is 0 Å². The Kier molecular flexibility index (Phi) is 6.76. The number of halogens is 1. The number of ether oxygens (including phenoxy) is 1. The third-order valence-electron chi connectivity index (χ3n) is 2.30. The van der Waals surface area contributed by atoms with E-state index in [9.17, 15) is 0 Å². The molecule has 0 atom stereocenters. The molecule has 0 amide bonds. The van der Waals surface area contributed by atoms with E-state index in [0.717, 1.165) is 18.7 Å². The van der Waals surface area contributed by atoms with E-state index in [1.807, 2.05) is 25.1 Å². The second-order valence-corrected chi connectivity index (χ2v) is 4.94. The van der Waals surface area contributed by atoms with Gasteiger partial charge in [-0.25, -0.2) is 4.98 Å². The SMILES string of the molecule is C/C=C/COc1ncc(CNCC(C)C)cc1Cl. The highest BCUT2D eigenvalue weighted by molar-refractivity contribution is 6.31. The highest BCUT2D eigenvalue weighted by Crippen LogP contribution is 2.22. The number of pyridine rings is 1. The molecule has 0 aromatic carbocycles. The van der Waals surface area contributed by atoms with E-state index in [1.165, 1.54) is 0 Å². The Morgan fingerprint density at radius 1 is 1.50 bits per heavy atom. The lowest BCUT2D eigenvalue weighted by Gasteiger charge is -2.09. The van der Waals surface area contributed by atoms with Gasteiger partial charge in [-0.05, 0) is 31.0 Å². The lowest BCUT2D eigenvalue weighted by molar-refractivity contribution is 0.348. The molecule has 1 rings (SSSR count). The standard InChI is InChI=1S/C14H21ClN2O/c1-4-5-6-18-14-13(15)7-12(10-17-14)9-16-8-11(2)3/h4-5,7,10-11,16H,6,8-9H2,1-3H3/b5-4+. The van der Waals surface area contributed by atoms with Crippen molar-refractivity contribution < 1.29 is 4.74 Å². The van der Waals surface area contributed by atoms with Crippen LogP contribution in [0.5, 0.6) is 5.88 Å². The molecule has 3 nitrogen and oxygen atoms in total. The summed E-state index contributed by atoms with van der Waals surface area (Å²) < 4.78 is 5.42. The van der Waals surface area contributed by atoms with Gasteiger partial charge >= 0.3 is 0 Å². The molecule has 0 fully saturated rings. The summed E-state index contributed by atoms with van der Waals surface area (Å²) in [6, 6.07) is 1.90. The third kappa shape index (κ3) is 5.52. The Labute approximate surface area is 114 Å². The Hall–Kier alpha value is -1.06. The normalized spacial score (nSPS) is 11.4. The molecule has 0 radical (unpaired) electrons. The Morgan fingerprint density at radius 3 is 2.89 bits per heavy atom. The van der Waals surface area contributed by atoms with Gasteiger partial charge in [0, 0.05) is 12.7 Å². The van der Waals surface area contributed by atoms with Gasteiger partial charge in [-0.3, -0.25) is 0 Å². The van der Waals surface area contributed by atoms with Gasteiger partial charge in [0.25, 0.3) is 0 Å². The quantitative estimate of drug-likeness (QED) is 0.770. The summed E-state index contributed by atoms with van der Waals surface area (Å²) in [5.74, 6) is 1.12. The summed E-state index contributed by atoms with van der Waals surface area (Å²) in [5.41, 5.74) is 1.07. The second-order valence-electron chi connectivity index (χ2n) is 4.54. The van der Waals surface area contributed by atoms with Crippen molar-refractivity contribution in [2.45, 2.75) is 27.3 Å². The Bertz CT molecular complexity index is 391. The maximum Gasteiger partial charge on any atom is 0.232 e. The molecule has 0 unspecified atom stereocenters. The summed E-state index contributed by atoms with van der Waals surface area (Å²) in [5, 5.41) is 3.91. The first-order valence-electron chi connectivity index (χ1n) is 6.22. The van der Waals surface area contributed by atoms with Crippen LogP contribution in [0.2, 0.25) is 5.02 Å². The zero-order valence-corrected chi connectivity index (χ0v) is 12.0. The minimum absolute atomic E-state index is 0.488. The molecule has 0 saturated heterocycles. The zero-order valence-electron chi connectivity index (χ0n) is 11.2. The van der Waals surface area contributed by atoms with Crippen LogP contribution in [-0.4, -0.2) is 18.1 Å². The van der Waals surface area contributed by atoms with Crippen molar-refractivity contribution >= 4 is 11.6 Å². The van der Waals surface area contributed by atoms with Crippen molar-refractivity contribution in [3.05, 3.63) is 35.0 Å². The molecule has 1 heterocycles. The van der Waals surface area contributed by atoms with E-state index in [0.29, 0.717) is 23.4 Å². The Balaban J connectivity index is 2.50. The van der Waals surface area contributed by atoms with Crippen LogP contribution in [-0.2, 0) is 6.54 Å². The number of nitrogens with zero attached hydrogens (tertiary/aromatic N) is 1. The molecular weight excluding hydrogens is 248 g/mol. The predicted molar refractivity (Wildman–Crippen MR) is 76.1 cm³/mol. The van der Waals surface area contributed by atoms with Crippen LogP contribution in [0.4, 0.5) is 0 Å². The van der Waals surface area contributed by atoms with Crippen molar-refractivity contribution in [1.29, 1.82) is 0 Å². The van der Waals surface area contributed by atoms with Crippen LogP contribution in [0, 0.1) is 5.92 Å². The van der Waals surface area contributed by atoms with E-state index < -0.39 is 0 Å². The molecule has 0 bridgehead atoms. The van der Waals surface area contributed by atoms with Crippen molar-refractivity contribution in [1.82, 2.24) is 10.3 Å². The summed E-state index contributed by atoms with van der Waals surface area (Å²) in [6.07, 6.45) is 5.64. The monoisotopic (exact) mass is 268 g/mol. The fraction of sp³-hybridized carbons (Fsp3) is 0.500. The maximum absolute atomic E-state index is 6.11. The fourth-order valence-corrected chi connectivity index (χ4v) is 1.64. The molecule has 1 aromatic heterocycles. The van der Waals surface area contributed by atoms with Crippen LogP contribution in [0.1, 0.15) is 26.3 Å². The van der Waals surface area contributed by atoms with Crippen LogP contribution in [0.15, 0.2) is 24.4 Å². The summed E-state index contributed by atoms with van der Waals surface area (Å²) >= 11 is 6.11. The smallest absolute Gasteiger partial charge is 0.232 e. The van der Waals surface area contributed by atoms with Gasteiger partial charge in [0.15, 0.2) is 0 Å². The third-order valence-corrected chi connectivity index (χ3v) is 2.57. The molecule has 18 heavy (non-hydrogen) atoms. The first-order chi connectivity index (χ1) is 8.63. The van der Waals surface area contributed by atoms with E-state index in [1.54, 1.807) is 6.20 Å². The number of hydrogen-bond donors (Lipinski definition) is 1. The van der Waals surface area contributed by atoms with Crippen molar-refractivity contribution in [2.24, 2.45) is 5.92 Å². The average Bonchev–Trinajstić information content (AvgIpc) is 2.31. The summed E-state index contributed by atoms with van der Waals surface area (Å²) in [4.78, 5) is 4.22. The number of nitrogens with one attached hydrogen (secondary N) is 1.